The van der Waals surface area contributed by atoms with Crippen LogP contribution < -0.4 is 15.8 Å². The van der Waals surface area contributed by atoms with Crippen LogP contribution in [0.2, 0.25) is 0 Å². The molecule has 3 nitrogen and oxygen atoms in total. The van der Waals surface area contributed by atoms with Crippen molar-refractivity contribution in [1.82, 2.24) is 0 Å². The van der Waals surface area contributed by atoms with E-state index in [2.05, 4.69) is 5.32 Å². The van der Waals surface area contributed by atoms with Gasteiger partial charge in [0, 0.05) is 18.3 Å². The van der Waals surface area contributed by atoms with Gasteiger partial charge in [-0.15, -0.1) is 0 Å². The first-order valence-electron chi connectivity index (χ1n) is 4.95. The number of anilines is 1. The van der Waals surface area contributed by atoms with Crippen molar-refractivity contribution in [3.63, 3.8) is 0 Å². The van der Waals surface area contributed by atoms with Gasteiger partial charge in [0.15, 0.2) is 11.6 Å². The van der Waals surface area contributed by atoms with Gasteiger partial charge in [0.2, 0.25) is 0 Å². The van der Waals surface area contributed by atoms with Crippen molar-refractivity contribution in [3.05, 3.63) is 24.0 Å². The normalized spacial score (nSPS) is 12.3. The summed E-state index contributed by atoms with van der Waals surface area (Å²) < 4.78 is 18.1. The first-order chi connectivity index (χ1) is 7.17. The summed E-state index contributed by atoms with van der Waals surface area (Å²) in [7, 11) is 1.45. The number of halogens is 1. The molecule has 0 aromatic heterocycles. The smallest absolute Gasteiger partial charge is 0.167 e. The molecule has 1 unspecified atom stereocenters. The average molecular weight is 212 g/mol. The third kappa shape index (κ3) is 3.40. The van der Waals surface area contributed by atoms with E-state index in [0.29, 0.717) is 12.5 Å². The molecule has 1 atom stereocenters. The summed E-state index contributed by atoms with van der Waals surface area (Å²) in [6.07, 6.45) is 0. The molecule has 3 N–H and O–H groups in total. The topological polar surface area (TPSA) is 47.3 Å². The number of methoxy groups -OCH3 is 1. The van der Waals surface area contributed by atoms with Crippen LogP contribution in [-0.2, 0) is 0 Å². The van der Waals surface area contributed by atoms with Crippen LogP contribution >= 0.6 is 0 Å². The van der Waals surface area contributed by atoms with E-state index in [1.54, 1.807) is 12.1 Å². The van der Waals surface area contributed by atoms with Crippen molar-refractivity contribution < 1.29 is 9.13 Å². The Morgan fingerprint density at radius 2 is 2.27 bits per heavy atom. The molecule has 1 aromatic carbocycles. The molecule has 4 heteroatoms. The summed E-state index contributed by atoms with van der Waals surface area (Å²) >= 11 is 0. The van der Waals surface area contributed by atoms with Crippen LogP contribution in [0, 0.1) is 11.7 Å². The molecule has 0 radical (unpaired) electrons. The lowest BCUT2D eigenvalue weighted by Gasteiger charge is -2.12. The maximum absolute atomic E-state index is 13.3. The Balaban J connectivity index is 2.59. The van der Waals surface area contributed by atoms with E-state index in [-0.39, 0.29) is 11.6 Å². The Kier molecular flexibility index (Phi) is 4.37. The van der Waals surface area contributed by atoms with Gasteiger partial charge < -0.3 is 15.8 Å². The van der Waals surface area contributed by atoms with Gasteiger partial charge in [-0.05, 0) is 24.6 Å². The zero-order valence-corrected chi connectivity index (χ0v) is 9.09. The van der Waals surface area contributed by atoms with Crippen LogP contribution in [0.5, 0.6) is 5.75 Å². The third-order valence-electron chi connectivity index (χ3n) is 2.21. The number of hydrogen-bond acceptors (Lipinski definition) is 3. The van der Waals surface area contributed by atoms with Crippen LogP contribution in [0.4, 0.5) is 10.1 Å². The molecule has 84 valence electrons. The van der Waals surface area contributed by atoms with E-state index in [1.807, 2.05) is 6.92 Å². The number of benzene rings is 1. The summed E-state index contributed by atoms with van der Waals surface area (Å²) in [6, 6.07) is 4.80. The zero-order valence-electron chi connectivity index (χ0n) is 9.09. The van der Waals surface area contributed by atoms with Gasteiger partial charge in [0.1, 0.15) is 0 Å². The third-order valence-corrected chi connectivity index (χ3v) is 2.21. The summed E-state index contributed by atoms with van der Waals surface area (Å²) in [6.45, 7) is 3.39. The van der Waals surface area contributed by atoms with Crippen LogP contribution in [0.1, 0.15) is 6.92 Å². The minimum atomic E-state index is -0.358. The molecule has 0 bridgehead atoms. The Morgan fingerprint density at radius 1 is 1.53 bits per heavy atom. The fourth-order valence-corrected chi connectivity index (χ4v) is 1.15. The standard InChI is InChI=1S/C11H17FN2O/c1-8(6-13)7-14-9-3-4-11(15-2)10(12)5-9/h3-5,8,14H,6-7,13H2,1-2H3. The molecule has 0 saturated carbocycles. The summed E-state index contributed by atoms with van der Waals surface area (Å²) in [5, 5.41) is 3.11. The number of nitrogens with two attached hydrogens (primary N) is 1. The molecule has 0 amide bonds. The van der Waals surface area contributed by atoms with Gasteiger partial charge in [-0.1, -0.05) is 6.92 Å². The van der Waals surface area contributed by atoms with Crippen molar-refractivity contribution in [3.8, 4) is 5.75 Å². The minimum Gasteiger partial charge on any atom is -0.494 e. The molecule has 0 aliphatic carbocycles. The maximum atomic E-state index is 13.3. The monoisotopic (exact) mass is 212 g/mol. The van der Waals surface area contributed by atoms with Crippen molar-refractivity contribution in [2.75, 3.05) is 25.5 Å². The van der Waals surface area contributed by atoms with E-state index < -0.39 is 0 Å². The van der Waals surface area contributed by atoms with Gasteiger partial charge in [0.05, 0.1) is 7.11 Å². The SMILES string of the molecule is COc1ccc(NCC(C)CN)cc1F. The highest BCUT2D eigenvalue weighted by atomic mass is 19.1. The lowest BCUT2D eigenvalue weighted by atomic mass is 10.2. The van der Waals surface area contributed by atoms with Crippen LogP contribution in [-0.4, -0.2) is 20.2 Å². The number of hydrogen-bond donors (Lipinski definition) is 2. The molecule has 15 heavy (non-hydrogen) atoms. The van der Waals surface area contributed by atoms with Crippen LogP contribution in [0.3, 0.4) is 0 Å². The highest BCUT2D eigenvalue weighted by Crippen LogP contribution is 2.20. The quantitative estimate of drug-likeness (QED) is 0.783. The molecule has 0 aliphatic heterocycles. The average Bonchev–Trinajstić information content (AvgIpc) is 2.26. The van der Waals surface area contributed by atoms with Crippen molar-refractivity contribution in [1.29, 1.82) is 0 Å². The number of rotatable bonds is 5. The second kappa shape index (κ2) is 5.56. The highest BCUT2D eigenvalue weighted by Gasteiger charge is 2.04. The van der Waals surface area contributed by atoms with Crippen molar-refractivity contribution in [2.24, 2.45) is 11.7 Å². The predicted octanol–water partition coefficient (Wildman–Crippen LogP) is 1.84. The Morgan fingerprint density at radius 3 is 2.80 bits per heavy atom. The largest absolute Gasteiger partial charge is 0.494 e. The van der Waals surface area contributed by atoms with Crippen LogP contribution in [0.25, 0.3) is 0 Å². The van der Waals surface area contributed by atoms with Crippen molar-refractivity contribution in [2.45, 2.75) is 6.92 Å². The van der Waals surface area contributed by atoms with E-state index in [4.69, 9.17) is 10.5 Å². The van der Waals surface area contributed by atoms with Gasteiger partial charge in [-0.2, -0.15) is 0 Å². The summed E-state index contributed by atoms with van der Waals surface area (Å²) in [4.78, 5) is 0. The van der Waals surface area contributed by atoms with E-state index >= 15 is 0 Å². The minimum absolute atomic E-state index is 0.257. The zero-order chi connectivity index (χ0) is 11.3. The van der Waals surface area contributed by atoms with E-state index in [0.717, 1.165) is 12.2 Å². The molecule has 0 spiro atoms. The van der Waals surface area contributed by atoms with Gasteiger partial charge in [-0.25, -0.2) is 4.39 Å². The molecular formula is C11H17FN2O. The predicted molar refractivity (Wildman–Crippen MR) is 59.7 cm³/mol. The summed E-state index contributed by atoms with van der Waals surface area (Å²) in [5.74, 6) is 0.269. The molecular weight excluding hydrogens is 195 g/mol. The van der Waals surface area contributed by atoms with Crippen LogP contribution in [0.15, 0.2) is 18.2 Å². The number of ether oxygens (including phenoxy) is 1. The maximum Gasteiger partial charge on any atom is 0.167 e. The lowest BCUT2D eigenvalue weighted by Crippen LogP contribution is -2.19. The first kappa shape index (κ1) is 11.8. The fourth-order valence-electron chi connectivity index (χ4n) is 1.15. The molecule has 1 aromatic rings. The Hall–Kier alpha value is -1.29. The molecule has 0 heterocycles. The molecule has 1 rings (SSSR count). The van der Waals surface area contributed by atoms with Gasteiger partial charge in [0.25, 0.3) is 0 Å². The Labute approximate surface area is 89.4 Å². The number of nitrogens with one attached hydrogen (secondary N) is 1. The fraction of sp³-hybridized carbons (Fsp3) is 0.455. The second-order valence-corrected chi connectivity index (χ2v) is 3.57. The molecule has 0 saturated heterocycles. The van der Waals surface area contributed by atoms with Gasteiger partial charge in [-0.3, -0.25) is 0 Å². The molecule has 0 fully saturated rings. The lowest BCUT2D eigenvalue weighted by molar-refractivity contribution is 0.386. The second-order valence-electron chi connectivity index (χ2n) is 3.57. The van der Waals surface area contributed by atoms with Crippen molar-refractivity contribution >= 4 is 5.69 Å². The first-order valence-corrected chi connectivity index (χ1v) is 4.95. The van der Waals surface area contributed by atoms with E-state index in [9.17, 15) is 4.39 Å². The molecule has 0 aliphatic rings. The highest BCUT2D eigenvalue weighted by molar-refractivity contribution is 5.47. The van der Waals surface area contributed by atoms with Gasteiger partial charge >= 0.3 is 0 Å². The summed E-state index contributed by atoms with van der Waals surface area (Å²) in [5.41, 5.74) is 6.22. The van der Waals surface area contributed by atoms with E-state index in [1.165, 1.54) is 13.2 Å². The Bertz CT molecular complexity index is 317.